The van der Waals surface area contributed by atoms with Crippen LogP contribution in [0.25, 0.3) is 0 Å². The molecule has 15 heavy (non-hydrogen) atoms. The van der Waals surface area contributed by atoms with Crippen molar-refractivity contribution in [1.82, 2.24) is 0 Å². The van der Waals surface area contributed by atoms with E-state index in [0.29, 0.717) is 6.42 Å². The molecular weight excluding hydrogens is 298 g/mol. The number of hydrogen-bond donors (Lipinski definition) is 2. The second-order valence-electron chi connectivity index (χ2n) is 3.02. The molecule has 0 fully saturated rings. The first kappa shape index (κ1) is 13.0. The van der Waals surface area contributed by atoms with Gasteiger partial charge in [0, 0.05) is 20.5 Å². The smallest absolute Gasteiger partial charge is 0.320 e. The summed E-state index contributed by atoms with van der Waals surface area (Å²) in [5, 5.41) is 10.6. The van der Waals surface area contributed by atoms with E-state index in [9.17, 15) is 4.79 Å². The molecule has 1 aromatic heterocycles. The third kappa shape index (κ3) is 5.01. The summed E-state index contributed by atoms with van der Waals surface area (Å²) in [5.74, 6) is 0.778. The Morgan fingerprint density at radius 3 is 3.00 bits per heavy atom. The van der Waals surface area contributed by atoms with Crippen molar-refractivity contribution in [1.29, 1.82) is 0 Å². The average molecular weight is 310 g/mol. The SMILES string of the molecule is NC(CCSCc1cc(Br)cs1)C(=O)O. The maximum absolute atomic E-state index is 10.4. The van der Waals surface area contributed by atoms with Gasteiger partial charge in [0.05, 0.1) is 0 Å². The third-order valence-electron chi connectivity index (χ3n) is 1.76. The molecule has 0 saturated carbocycles. The molecule has 1 atom stereocenters. The van der Waals surface area contributed by atoms with Crippen LogP contribution in [0.3, 0.4) is 0 Å². The minimum absolute atomic E-state index is 0.520. The molecule has 1 heterocycles. The molecule has 0 spiro atoms. The zero-order valence-electron chi connectivity index (χ0n) is 7.98. The van der Waals surface area contributed by atoms with Crippen LogP contribution in [0.15, 0.2) is 15.9 Å². The summed E-state index contributed by atoms with van der Waals surface area (Å²) in [6, 6.07) is 1.35. The number of carboxylic acid groups (broad SMARTS) is 1. The van der Waals surface area contributed by atoms with E-state index in [1.165, 1.54) is 4.88 Å². The van der Waals surface area contributed by atoms with E-state index in [1.807, 2.05) is 5.38 Å². The molecule has 6 heteroatoms. The van der Waals surface area contributed by atoms with Crippen LogP contribution >= 0.6 is 39.0 Å². The van der Waals surface area contributed by atoms with Gasteiger partial charge in [-0.15, -0.1) is 11.3 Å². The number of thioether (sulfide) groups is 1. The lowest BCUT2D eigenvalue weighted by Gasteiger charge is -2.04. The first-order valence-electron chi connectivity index (χ1n) is 4.38. The van der Waals surface area contributed by atoms with Crippen molar-refractivity contribution in [2.75, 3.05) is 5.75 Å². The summed E-state index contributed by atoms with van der Waals surface area (Å²) >= 11 is 6.80. The predicted octanol–water partition coefficient (Wildman–Crippen LogP) is 2.55. The van der Waals surface area contributed by atoms with Crippen molar-refractivity contribution in [3.63, 3.8) is 0 Å². The van der Waals surface area contributed by atoms with Gasteiger partial charge in [0.1, 0.15) is 6.04 Å². The largest absolute Gasteiger partial charge is 0.480 e. The van der Waals surface area contributed by atoms with Gasteiger partial charge in [-0.1, -0.05) is 0 Å². The Morgan fingerprint density at radius 1 is 1.73 bits per heavy atom. The number of halogens is 1. The van der Waals surface area contributed by atoms with Gasteiger partial charge in [0.25, 0.3) is 0 Å². The molecule has 1 rings (SSSR count). The molecule has 1 aromatic rings. The van der Waals surface area contributed by atoms with Crippen molar-refractivity contribution in [2.24, 2.45) is 5.73 Å². The van der Waals surface area contributed by atoms with E-state index in [0.717, 1.165) is 16.0 Å². The average Bonchev–Trinajstić information content (AvgIpc) is 2.58. The van der Waals surface area contributed by atoms with Crippen LogP contribution in [0, 0.1) is 0 Å². The maximum Gasteiger partial charge on any atom is 0.320 e. The number of hydrogen-bond acceptors (Lipinski definition) is 4. The van der Waals surface area contributed by atoms with Crippen molar-refractivity contribution in [3.05, 3.63) is 20.8 Å². The Hall–Kier alpha value is -0.0400. The summed E-state index contributed by atoms with van der Waals surface area (Å²) in [6.07, 6.45) is 0.520. The summed E-state index contributed by atoms with van der Waals surface area (Å²) in [4.78, 5) is 11.7. The summed E-state index contributed by atoms with van der Waals surface area (Å²) in [6.45, 7) is 0. The van der Waals surface area contributed by atoms with E-state index in [2.05, 4.69) is 22.0 Å². The summed E-state index contributed by atoms with van der Waals surface area (Å²) in [7, 11) is 0. The second kappa shape index (κ2) is 6.52. The fourth-order valence-electron chi connectivity index (χ4n) is 0.936. The van der Waals surface area contributed by atoms with E-state index in [1.54, 1.807) is 23.1 Å². The highest BCUT2D eigenvalue weighted by atomic mass is 79.9. The number of nitrogens with two attached hydrogens (primary N) is 1. The van der Waals surface area contributed by atoms with Gasteiger partial charge in [-0.25, -0.2) is 0 Å². The maximum atomic E-state index is 10.4. The fourth-order valence-corrected chi connectivity index (χ4v) is 3.54. The Bertz CT molecular complexity index is 330. The Labute approximate surface area is 105 Å². The van der Waals surface area contributed by atoms with Crippen LogP contribution < -0.4 is 5.73 Å². The van der Waals surface area contributed by atoms with Crippen LogP contribution in [-0.4, -0.2) is 22.9 Å². The van der Waals surface area contributed by atoms with Crippen LogP contribution in [0.4, 0.5) is 0 Å². The topological polar surface area (TPSA) is 63.3 Å². The van der Waals surface area contributed by atoms with Gasteiger partial charge in [-0.3, -0.25) is 4.79 Å². The van der Waals surface area contributed by atoms with Gasteiger partial charge in [-0.2, -0.15) is 11.8 Å². The molecule has 3 nitrogen and oxygen atoms in total. The molecule has 0 aromatic carbocycles. The van der Waals surface area contributed by atoms with Crippen molar-refractivity contribution in [3.8, 4) is 0 Å². The fraction of sp³-hybridized carbons (Fsp3) is 0.444. The molecule has 0 saturated heterocycles. The Balaban J connectivity index is 2.14. The molecule has 0 radical (unpaired) electrons. The van der Waals surface area contributed by atoms with Gasteiger partial charge < -0.3 is 10.8 Å². The van der Waals surface area contributed by atoms with Gasteiger partial charge >= 0.3 is 5.97 Å². The lowest BCUT2D eigenvalue weighted by Crippen LogP contribution is -2.30. The Kier molecular flexibility index (Phi) is 5.66. The van der Waals surface area contributed by atoms with E-state index in [-0.39, 0.29) is 0 Å². The van der Waals surface area contributed by atoms with E-state index < -0.39 is 12.0 Å². The molecule has 1 unspecified atom stereocenters. The highest BCUT2D eigenvalue weighted by Crippen LogP contribution is 2.24. The molecule has 0 aliphatic rings. The van der Waals surface area contributed by atoms with Crippen LogP contribution in [0.1, 0.15) is 11.3 Å². The predicted molar refractivity (Wildman–Crippen MR) is 68.4 cm³/mol. The van der Waals surface area contributed by atoms with Crippen molar-refractivity contribution in [2.45, 2.75) is 18.2 Å². The molecule has 3 N–H and O–H groups in total. The molecular formula is C9H12BrNO2S2. The van der Waals surface area contributed by atoms with Gasteiger partial charge in [0.15, 0.2) is 0 Å². The van der Waals surface area contributed by atoms with Crippen LogP contribution in [0.2, 0.25) is 0 Å². The first-order valence-corrected chi connectivity index (χ1v) is 7.21. The lowest BCUT2D eigenvalue weighted by atomic mass is 10.2. The summed E-state index contributed by atoms with van der Waals surface area (Å²) < 4.78 is 1.10. The van der Waals surface area contributed by atoms with Crippen LogP contribution in [0.5, 0.6) is 0 Å². The third-order valence-corrected chi connectivity index (χ3v) is 4.68. The highest BCUT2D eigenvalue weighted by molar-refractivity contribution is 9.10. The van der Waals surface area contributed by atoms with Crippen LogP contribution in [-0.2, 0) is 10.5 Å². The molecule has 0 bridgehead atoms. The van der Waals surface area contributed by atoms with Crippen molar-refractivity contribution < 1.29 is 9.90 Å². The normalized spacial score (nSPS) is 12.7. The molecule has 0 amide bonds. The number of rotatable bonds is 6. The molecule has 0 aliphatic heterocycles. The number of thiophene rings is 1. The monoisotopic (exact) mass is 309 g/mol. The van der Waals surface area contributed by atoms with Gasteiger partial charge in [0.2, 0.25) is 0 Å². The summed E-state index contributed by atoms with van der Waals surface area (Å²) in [5.41, 5.74) is 5.38. The number of carbonyl (C=O) groups is 1. The first-order chi connectivity index (χ1) is 7.09. The van der Waals surface area contributed by atoms with E-state index in [4.69, 9.17) is 10.8 Å². The number of aliphatic carboxylic acids is 1. The van der Waals surface area contributed by atoms with E-state index >= 15 is 0 Å². The second-order valence-corrected chi connectivity index (χ2v) is 6.03. The number of carboxylic acids is 1. The van der Waals surface area contributed by atoms with Crippen molar-refractivity contribution >= 4 is 45.0 Å². The van der Waals surface area contributed by atoms with Gasteiger partial charge in [-0.05, 0) is 34.2 Å². The Morgan fingerprint density at radius 2 is 2.47 bits per heavy atom. The minimum atomic E-state index is -0.922. The molecule has 0 aliphatic carbocycles. The zero-order chi connectivity index (χ0) is 11.3. The quantitative estimate of drug-likeness (QED) is 0.793. The minimum Gasteiger partial charge on any atom is -0.480 e. The standard InChI is InChI=1S/C9H12BrNO2S2/c10-6-3-7(15-4-6)5-14-2-1-8(11)9(12)13/h3-4,8H,1-2,5,11H2,(H,12,13). The lowest BCUT2D eigenvalue weighted by molar-refractivity contribution is -0.138. The molecule has 84 valence electrons. The highest BCUT2D eigenvalue weighted by Gasteiger charge is 2.10. The zero-order valence-corrected chi connectivity index (χ0v) is 11.2.